The number of benzene rings is 1. The summed E-state index contributed by atoms with van der Waals surface area (Å²) in [6, 6.07) is 9.52. The van der Waals surface area contributed by atoms with Gasteiger partial charge < -0.3 is 32.8 Å². The average molecular weight is 570 g/mol. The molecule has 4 rings (SSSR count). The number of rotatable bonds is 8. The number of carbonyl (C=O) groups is 4. The van der Waals surface area contributed by atoms with Gasteiger partial charge in [-0.3, -0.25) is 29.0 Å². The number of fused-ring (bicyclic) bond motifs is 1. The van der Waals surface area contributed by atoms with E-state index >= 15 is 0 Å². The van der Waals surface area contributed by atoms with Crippen LogP contribution in [0.3, 0.4) is 0 Å². The van der Waals surface area contributed by atoms with Crippen LogP contribution in [0.2, 0.25) is 0 Å². The maximum absolute atomic E-state index is 13.1. The van der Waals surface area contributed by atoms with Gasteiger partial charge in [0.05, 0.1) is 16.6 Å². The molecule has 0 amide bonds. The molecule has 3 aromatic rings. The number of pyridine rings is 1. The third-order valence-electron chi connectivity index (χ3n) is 5.89. The van der Waals surface area contributed by atoms with E-state index in [0.717, 1.165) is 20.8 Å². The highest BCUT2D eigenvalue weighted by Gasteiger charge is 2.53. The first-order chi connectivity index (χ1) is 19.5. The summed E-state index contributed by atoms with van der Waals surface area (Å²) in [6.45, 7) is 4.13. The van der Waals surface area contributed by atoms with Crippen molar-refractivity contribution in [2.24, 2.45) is 0 Å². The van der Waals surface area contributed by atoms with Crippen LogP contribution in [0.5, 0.6) is 5.75 Å². The first-order valence-corrected chi connectivity index (χ1v) is 12.5. The summed E-state index contributed by atoms with van der Waals surface area (Å²) in [5.74, 6) is -2.80. The number of ether oxygens (including phenoxy) is 6. The summed E-state index contributed by atoms with van der Waals surface area (Å²) in [5.41, 5.74) is 0.578. The summed E-state index contributed by atoms with van der Waals surface area (Å²) >= 11 is 0. The highest BCUT2D eigenvalue weighted by atomic mass is 16.7. The predicted octanol–water partition coefficient (Wildman–Crippen LogP) is 2.32. The van der Waals surface area contributed by atoms with Crippen molar-refractivity contribution in [3.8, 4) is 17.0 Å². The maximum Gasteiger partial charge on any atom is 0.303 e. The van der Waals surface area contributed by atoms with Crippen LogP contribution in [0.25, 0.3) is 22.2 Å². The van der Waals surface area contributed by atoms with Crippen LogP contribution in [0.1, 0.15) is 27.7 Å². The first-order valence-electron chi connectivity index (χ1n) is 12.5. The van der Waals surface area contributed by atoms with E-state index < -0.39 is 61.2 Å². The Morgan fingerprint density at radius 1 is 0.854 bits per heavy atom. The van der Waals surface area contributed by atoms with Gasteiger partial charge in [-0.05, 0) is 24.3 Å². The molecule has 3 heterocycles. The molecule has 13 nitrogen and oxygen atoms in total. The molecule has 216 valence electrons. The third-order valence-corrected chi connectivity index (χ3v) is 5.89. The molecule has 1 saturated heterocycles. The normalized spacial score (nSPS) is 21.9. The molecule has 0 unspecified atom stereocenters. The molecule has 1 aliphatic heterocycles. The first kappa shape index (κ1) is 29.2. The lowest BCUT2D eigenvalue weighted by Gasteiger charge is -2.43. The summed E-state index contributed by atoms with van der Waals surface area (Å²) in [7, 11) is 0. The van der Waals surface area contributed by atoms with E-state index in [1.54, 1.807) is 24.4 Å². The van der Waals surface area contributed by atoms with E-state index in [1.165, 1.54) is 31.4 Å². The Bertz CT molecular complexity index is 1500. The van der Waals surface area contributed by atoms with Crippen LogP contribution in [0, 0.1) is 0 Å². The van der Waals surface area contributed by atoms with E-state index in [9.17, 15) is 24.0 Å². The Morgan fingerprint density at radius 3 is 2.17 bits per heavy atom. The van der Waals surface area contributed by atoms with Crippen LogP contribution in [-0.4, -0.2) is 66.2 Å². The number of carbonyl (C=O) groups excluding carboxylic acids is 4. The predicted molar refractivity (Wildman–Crippen MR) is 138 cm³/mol. The van der Waals surface area contributed by atoms with Gasteiger partial charge in [0.1, 0.15) is 30.3 Å². The van der Waals surface area contributed by atoms with E-state index in [1.807, 2.05) is 0 Å². The van der Waals surface area contributed by atoms with Gasteiger partial charge in [0.15, 0.2) is 12.2 Å². The second-order valence-corrected chi connectivity index (χ2v) is 9.04. The molecule has 5 atom stereocenters. The van der Waals surface area contributed by atoms with Gasteiger partial charge in [-0.15, -0.1) is 0 Å². The molecule has 0 bridgehead atoms. The Hall–Kier alpha value is -4.78. The maximum atomic E-state index is 13.1. The summed E-state index contributed by atoms with van der Waals surface area (Å²) in [5, 5.41) is 0.252. The summed E-state index contributed by atoms with van der Waals surface area (Å²) in [4.78, 5) is 64.7. The van der Waals surface area contributed by atoms with Crippen molar-refractivity contribution in [1.29, 1.82) is 0 Å². The van der Waals surface area contributed by atoms with Crippen molar-refractivity contribution >= 4 is 34.8 Å². The van der Waals surface area contributed by atoms with E-state index in [-0.39, 0.29) is 27.7 Å². The number of aromatic nitrogens is 1. The average Bonchev–Trinajstić information content (AvgIpc) is 2.91. The monoisotopic (exact) mass is 569 g/mol. The Labute approximate surface area is 233 Å². The lowest BCUT2D eigenvalue weighted by atomic mass is 9.98. The van der Waals surface area contributed by atoms with Crippen LogP contribution in [0.4, 0.5) is 0 Å². The summed E-state index contributed by atoms with van der Waals surface area (Å²) in [6.07, 6.45) is -3.90. The molecule has 1 aromatic carbocycles. The second kappa shape index (κ2) is 12.6. The Kier molecular flexibility index (Phi) is 8.97. The fraction of sp³-hybridized carbons (Fsp3) is 0.357. The molecule has 1 fully saturated rings. The molecule has 41 heavy (non-hydrogen) atoms. The zero-order valence-electron chi connectivity index (χ0n) is 22.6. The number of nitrogens with zero attached hydrogens (tertiary/aromatic N) is 1. The number of hydrogen-bond acceptors (Lipinski definition) is 13. The molecular formula is C28H27NO12. The standard InChI is InChI=1S/C28H27NO12/c1-14(30)35-13-23-25(37-15(2)31)26(38-16(3)32)27(39-17(4)33)28(41-23)40-18-8-9-19-22(11-18)36-12-20(24(19)34)21-7-5-6-10-29-21/h5-12,23,25-28H,13H2,1-4H3/t23-,25-,26+,27+,28+/m1/s1. The van der Waals surface area contributed by atoms with Crippen molar-refractivity contribution in [1.82, 2.24) is 4.98 Å². The molecule has 0 radical (unpaired) electrons. The van der Waals surface area contributed by atoms with Gasteiger partial charge in [-0.2, -0.15) is 0 Å². The van der Waals surface area contributed by atoms with Crippen molar-refractivity contribution in [3.63, 3.8) is 0 Å². The second-order valence-electron chi connectivity index (χ2n) is 9.04. The smallest absolute Gasteiger partial charge is 0.303 e. The topological polar surface area (TPSA) is 167 Å². The Balaban J connectivity index is 1.70. The molecule has 0 N–H and O–H groups in total. The van der Waals surface area contributed by atoms with E-state index in [4.69, 9.17) is 32.8 Å². The molecule has 0 aliphatic carbocycles. The molecule has 0 saturated carbocycles. The Morgan fingerprint density at radius 2 is 1.54 bits per heavy atom. The molecule has 0 spiro atoms. The SMILES string of the molecule is CC(=O)OC[C@H]1O[C@H](Oc2ccc3c(=O)c(-c4ccccn4)coc3c2)[C@@H](OC(C)=O)[C@@H](OC(C)=O)[C@@H]1OC(C)=O. The van der Waals surface area contributed by atoms with Crippen LogP contribution < -0.4 is 10.2 Å². The van der Waals surface area contributed by atoms with Gasteiger partial charge in [0.2, 0.25) is 17.8 Å². The van der Waals surface area contributed by atoms with Gasteiger partial charge in [0.25, 0.3) is 0 Å². The number of hydrogen-bond donors (Lipinski definition) is 0. The van der Waals surface area contributed by atoms with Gasteiger partial charge in [-0.25, -0.2) is 0 Å². The number of esters is 4. The van der Waals surface area contributed by atoms with Crippen LogP contribution in [-0.2, 0) is 42.9 Å². The molecule has 1 aliphatic rings. The highest BCUT2D eigenvalue weighted by molar-refractivity contribution is 5.82. The zero-order chi connectivity index (χ0) is 29.7. The molecular weight excluding hydrogens is 542 g/mol. The van der Waals surface area contributed by atoms with Crippen LogP contribution in [0.15, 0.2) is 58.1 Å². The van der Waals surface area contributed by atoms with Crippen molar-refractivity contribution < 1.29 is 52.0 Å². The van der Waals surface area contributed by atoms with Crippen LogP contribution >= 0.6 is 0 Å². The highest BCUT2D eigenvalue weighted by Crippen LogP contribution is 2.32. The largest absolute Gasteiger partial charge is 0.463 e. The lowest BCUT2D eigenvalue weighted by Crippen LogP contribution is -2.63. The van der Waals surface area contributed by atoms with E-state index in [2.05, 4.69) is 4.98 Å². The van der Waals surface area contributed by atoms with Crippen molar-refractivity contribution in [2.45, 2.75) is 58.4 Å². The van der Waals surface area contributed by atoms with Gasteiger partial charge >= 0.3 is 23.9 Å². The molecule has 2 aromatic heterocycles. The fourth-order valence-electron chi connectivity index (χ4n) is 4.30. The van der Waals surface area contributed by atoms with Crippen molar-refractivity contribution in [2.75, 3.05) is 6.61 Å². The zero-order valence-corrected chi connectivity index (χ0v) is 22.6. The molecule has 13 heteroatoms. The minimum atomic E-state index is -1.44. The quantitative estimate of drug-likeness (QED) is 0.287. The van der Waals surface area contributed by atoms with Crippen molar-refractivity contribution in [3.05, 3.63) is 59.1 Å². The minimum absolute atomic E-state index is 0.132. The fourth-order valence-corrected chi connectivity index (χ4v) is 4.30. The van der Waals surface area contributed by atoms with Gasteiger partial charge in [0, 0.05) is 40.0 Å². The summed E-state index contributed by atoms with van der Waals surface area (Å²) < 4.78 is 38.8. The van der Waals surface area contributed by atoms with Gasteiger partial charge in [-0.1, -0.05) is 6.07 Å². The van der Waals surface area contributed by atoms with E-state index in [0.29, 0.717) is 5.69 Å². The lowest BCUT2D eigenvalue weighted by molar-refractivity contribution is -0.288. The third kappa shape index (κ3) is 7.06. The minimum Gasteiger partial charge on any atom is -0.463 e.